The van der Waals surface area contributed by atoms with Gasteiger partial charge in [-0.3, -0.25) is 9.59 Å². The van der Waals surface area contributed by atoms with Crippen molar-refractivity contribution in [3.05, 3.63) is 30.3 Å². The lowest BCUT2D eigenvalue weighted by Crippen LogP contribution is -2.58. The third-order valence-corrected chi connectivity index (χ3v) is 4.88. The molecule has 1 saturated carbocycles. The van der Waals surface area contributed by atoms with Crippen molar-refractivity contribution in [2.24, 2.45) is 11.8 Å². The zero-order valence-electron chi connectivity index (χ0n) is 14.7. The van der Waals surface area contributed by atoms with E-state index in [-0.39, 0.29) is 12.0 Å². The lowest BCUT2D eigenvalue weighted by molar-refractivity contribution is -0.175. The van der Waals surface area contributed by atoms with E-state index in [9.17, 15) is 14.7 Å². The van der Waals surface area contributed by atoms with Crippen molar-refractivity contribution in [1.29, 1.82) is 0 Å². The summed E-state index contributed by atoms with van der Waals surface area (Å²) in [6.45, 7) is 5.13. The Hall–Kier alpha value is -2.08. The first-order valence-corrected chi connectivity index (χ1v) is 8.73. The summed E-state index contributed by atoms with van der Waals surface area (Å²) in [6.07, 6.45) is 0.995. The molecular formula is C19H25NO5. The topological polar surface area (TPSA) is 76.1 Å². The maximum atomic E-state index is 12.8. The monoisotopic (exact) mass is 347 g/mol. The largest absolute Gasteiger partial charge is 0.491 e. The molecule has 3 atom stereocenters. The molecule has 6 nitrogen and oxygen atoms in total. The summed E-state index contributed by atoms with van der Waals surface area (Å²) in [5.74, 6) is -1.13. The molecule has 0 bridgehead atoms. The van der Waals surface area contributed by atoms with Crippen molar-refractivity contribution >= 4 is 11.9 Å². The first kappa shape index (κ1) is 17.7. The number of hydrogen-bond donors (Lipinski definition) is 1. The average molecular weight is 347 g/mol. The Balaban J connectivity index is 1.62. The standard InChI is InChI=1S/C19H25NO5/c1-19(2)12-20(17(21)15-8-9-16(15)18(22)23)10-14(25-19)11-24-13-6-4-3-5-7-13/h3-7,14-16H,8-12H2,1-2H3,(H,22,23). The minimum absolute atomic E-state index is 0.0697. The van der Waals surface area contributed by atoms with Crippen molar-refractivity contribution < 1.29 is 24.2 Å². The molecule has 0 radical (unpaired) electrons. The number of rotatable bonds is 5. The highest BCUT2D eigenvalue weighted by Gasteiger charge is 2.46. The Kier molecular flexibility index (Phi) is 4.99. The summed E-state index contributed by atoms with van der Waals surface area (Å²) in [5.41, 5.74) is -0.485. The van der Waals surface area contributed by atoms with Gasteiger partial charge in [-0.05, 0) is 38.8 Å². The Morgan fingerprint density at radius 2 is 1.92 bits per heavy atom. The number of aliphatic carboxylic acids is 1. The van der Waals surface area contributed by atoms with Crippen LogP contribution < -0.4 is 4.74 Å². The minimum Gasteiger partial charge on any atom is -0.491 e. The molecule has 1 amide bonds. The van der Waals surface area contributed by atoms with E-state index in [4.69, 9.17) is 9.47 Å². The maximum Gasteiger partial charge on any atom is 0.307 e. The van der Waals surface area contributed by atoms with Crippen LogP contribution >= 0.6 is 0 Å². The van der Waals surface area contributed by atoms with Crippen LogP contribution in [0, 0.1) is 11.8 Å². The third kappa shape index (κ3) is 4.12. The fourth-order valence-electron chi connectivity index (χ4n) is 3.58. The van der Waals surface area contributed by atoms with Gasteiger partial charge in [0, 0.05) is 6.54 Å². The van der Waals surface area contributed by atoms with Gasteiger partial charge in [-0.25, -0.2) is 0 Å². The van der Waals surface area contributed by atoms with E-state index >= 15 is 0 Å². The number of benzene rings is 1. The second-order valence-electron chi connectivity index (χ2n) is 7.47. The number of carbonyl (C=O) groups is 2. The Bertz CT molecular complexity index is 630. The average Bonchev–Trinajstić information content (AvgIpc) is 2.51. The quantitative estimate of drug-likeness (QED) is 0.883. The summed E-state index contributed by atoms with van der Waals surface area (Å²) < 4.78 is 11.8. The second kappa shape index (κ2) is 7.04. The van der Waals surface area contributed by atoms with E-state index in [0.29, 0.717) is 32.5 Å². The van der Waals surface area contributed by atoms with Crippen molar-refractivity contribution in [3.8, 4) is 5.75 Å². The molecule has 3 rings (SSSR count). The van der Waals surface area contributed by atoms with Crippen molar-refractivity contribution in [3.63, 3.8) is 0 Å². The molecule has 1 aromatic rings. The molecule has 0 spiro atoms. The van der Waals surface area contributed by atoms with Crippen LogP contribution in [0.1, 0.15) is 26.7 Å². The summed E-state index contributed by atoms with van der Waals surface area (Å²) in [6, 6.07) is 9.48. The number of morpholine rings is 1. The number of carboxylic acids is 1. The molecule has 2 fully saturated rings. The lowest BCUT2D eigenvalue weighted by Gasteiger charge is -2.45. The van der Waals surface area contributed by atoms with Crippen LogP contribution in [0.3, 0.4) is 0 Å². The molecule has 1 N–H and O–H groups in total. The summed E-state index contributed by atoms with van der Waals surface area (Å²) in [4.78, 5) is 25.7. The fourth-order valence-corrected chi connectivity index (χ4v) is 3.58. The maximum absolute atomic E-state index is 12.8. The summed E-state index contributed by atoms with van der Waals surface area (Å²) in [5, 5.41) is 9.20. The van der Waals surface area contributed by atoms with Crippen LogP contribution in [0.2, 0.25) is 0 Å². The second-order valence-corrected chi connectivity index (χ2v) is 7.47. The highest BCUT2D eigenvalue weighted by Crippen LogP contribution is 2.37. The van der Waals surface area contributed by atoms with Gasteiger partial charge in [-0.1, -0.05) is 18.2 Å². The van der Waals surface area contributed by atoms with E-state index < -0.39 is 23.4 Å². The van der Waals surface area contributed by atoms with Gasteiger partial charge in [-0.15, -0.1) is 0 Å². The smallest absolute Gasteiger partial charge is 0.307 e. The zero-order valence-corrected chi connectivity index (χ0v) is 14.7. The number of nitrogens with zero attached hydrogens (tertiary/aromatic N) is 1. The van der Waals surface area contributed by atoms with Gasteiger partial charge in [0.05, 0.1) is 24.0 Å². The van der Waals surface area contributed by atoms with Gasteiger partial charge in [0.1, 0.15) is 18.5 Å². The van der Waals surface area contributed by atoms with Gasteiger partial charge in [0.15, 0.2) is 0 Å². The van der Waals surface area contributed by atoms with Gasteiger partial charge < -0.3 is 19.5 Å². The summed E-state index contributed by atoms with van der Waals surface area (Å²) in [7, 11) is 0. The van der Waals surface area contributed by atoms with E-state index in [0.717, 1.165) is 5.75 Å². The van der Waals surface area contributed by atoms with E-state index in [2.05, 4.69) is 0 Å². The lowest BCUT2D eigenvalue weighted by atomic mass is 9.72. The molecule has 1 saturated heterocycles. The van der Waals surface area contributed by atoms with Crippen LogP contribution in [0.4, 0.5) is 0 Å². The van der Waals surface area contributed by atoms with Crippen molar-refractivity contribution in [2.75, 3.05) is 19.7 Å². The molecule has 1 aliphatic heterocycles. The van der Waals surface area contributed by atoms with Crippen LogP contribution in [-0.2, 0) is 14.3 Å². The number of ether oxygens (including phenoxy) is 2. The Morgan fingerprint density at radius 3 is 2.52 bits per heavy atom. The minimum atomic E-state index is -0.874. The molecule has 0 aromatic heterocycles. The highest BCUT2D eigenvalue weighted by atomic mass is 16.5. The van der Waals surface area contributed by atoms with Gasteiger partial charge in [-0.2, -0.15) is 0 Å². The predicted molar refractivity (Wildman–Crippen MR) is 91.3 cm³/mol. The normalized spacial score (nSPS) is 28.1. The number of amides is 1. The Labute approximate surface area is 147 Å². The van der Waals surface area contributed by atoms with Gasteiger partial charge in [0.2, 0.25) is 5.91 Å². The zero-order chi connectivity index (χ0) is 18.0. The van der Waals surface area contributed by atoms with Gasteiger partial charge in [0.25, 0.3) is 0 Å². The molecule has 1 aliphatic carbocycles. The van der Waals surface area contributed by atoms with E-state index in [1.165, 1.54) is 0 Å². The summed E-state index contributed by atoms with van der Waals surface area (Å²) >= 11 is 0. The third-order valence-electron chi connectivity index (χ3n) is 4.88. The predicted octanol–water partition coefficient (Wildman–Crippen LogP) is 2.18. The van der Waals surface area contributed by atoms with E-state index in [1.54, 1.807) is 4.90 Å². The van der Waals surface area contributed by atoms with Crippen LogP contribution in [0.25, 0.3) is 0 Å². The molecule has 1 heterocycles. The molecule has 1 aromatic carbocycles. The highest BCUT2D eigenvalue weighted by molar-refractivity contribution is 5.86. The fraction of sp³-hybridized carbons (Fsp3) is 0.579. The molecule has 136 valence electrons. The number of para-hydroxylation sites is 1. The SMILES string of the molecule is CC1(C)CN(C(=O)C2CCC2C(=O)O)CC(COc2ccccc2)O1. The number of carboxylic acid groups (broad SMARTS) is 1. The molecular weight excluding hydrogens is 322 g/mol. The first-order valence-electron chi connectivity index (χ1n) is 8.73. The molecule has 6 heteroatoms. The van der Waals surface area contributed by atoms with Crippen LogP contribution in [0.15, 0.2) is 30.3 Å². The van der Waals surface area contributed by atoms with Crippen molar-refractivity contribution in [2.45, 2.75) is 38.4 Å². The van der Waals surface area contributed by atoms with Crippen molar-refractivity contribution in [1.82, 2.24) is 4.90 Å². The number of hydrogen-bond acceptors (Lipinski definition) is 4. The van der Waals surface area contributed by atoms with E-state index in [1.807, 2.05) is 44.2 Å². The number of carbonyl (C=O) groups excluding carboxylic acids is 1. The Morgan fingerprint density at radius 1 is 1.24 bits per heavy atom. The van der Waals surface area contributed by atoms with Gasteiger partial charge >= 0.3 is 5.97 Å². The van der Waals surface area contributed by atoms with Crippen LogP contribution in [0.5, 0.6) is 5.75 Å². The molecule has 2 aliphatic rings. The van der Waals surface area contributed by atoms with Crippen LogP contribution in [-0.4, -0.2) is 53.3 Å². The molecule has 25 heavy (non-hydrogen) atoms. The molecule has 3 unspecified atom stereocenters. The first-order chi connectivity index (χ1) is 11.9.